The zero-order valence-electron chi connectivity index (χ0n) is 9.14. The van der Waals surface area contributed by atoms with E-state index in [1.807, 2.05) is 18.2 Å². The lowest BCUT2D eigenvalue weighted by molar-refractivity contribution is -0.138. The molecule has 0 fully saturated rings. The third kappa shape index (κ3) is 3.08. The van der Waals surface area contributed by atoms with Crippen LogP contribution in [0, 0.1) is 0 Å². The number of hydroxylamine groups is 1. The molecular formula is C11H13NO5. The minimum absolute atomic E-state index is 0.0283. The van der Waals surface area contributed by atoms with Gasteiger partial charge in [0.1, 0.15) is 0 Å². The summed E-state index contributed by atoms with van der Waals surface area (Å²) in [6, 6.07) is 5.58. The topological polar surface area (TPSA) is 77.0 Å². The van der Waals surface area contributed by atoms with Gasteiger partial charge in [0.2, 0.25) is 6.79 Å². The van der Waals surface area contributed by atoms with Gasteiger partial charge in [-0.2, -0.15) is 5.48 Å². The van der Waals surface area contributed by atoms with Crippen molar-refractivity contribution < 1.29 is 24.2 Å². The van der Waals surface area contributed by atoms with Gasteiger partial charge in [0.15, 0.2) is 11.5 Å². The standard InChI is InChI=1S/C11H13NO5/c13-10(14)4-5-17-12-6-8-2-1-3-9-11(8)16-7-15-9/h1-3,12H,4-7H2,(H,13,14). The number of fused-ring (bicyclic) bond motifs is 1. The number of nitrogens with one attached hydrogen (secondary N) is 1. The van der Waals surface area contributed by atoms with Crippen molar-refractivity contribution in [1.82, 2.24) is 5.48 Å². The van der Waals surface area contributed by atoms with E-state index in [1.165, 1.54) is 0 Å². The quantitative estimate of drug-likeness (QED) is 0.567. The molecular weight excluding hydrogens is 226 g/mol. The number of hydrogen-bond acceptors (Lipinski definition) is 5. The summed E-state index contributed by atoms with van der Waals surface area (Å²) in [5.74, 6) is 0.542. The second-order valence-corrected chi connectivity index (χ2v) is 3.46. The molecule has 0 saturated carbocycles. The van der Waals surface area contributed by atoms with Crippen LogP contribution in [0.2, 0.25) is 0 Å². The van der Waals surface area contributed by atoms with E-state index >= 15 is 0 Å². The molecule has 2 rings (SSSR count). The average molecular weight is 239 g/mol. The minimum atomic E-state index is -0.885. The molecule has 0 aliphatic carbocycles. The molecule has 0 bridgehead atoms. The van der Waals surface area contributed by atoms with E-state index in [9.17, 15) is 4.79 Å². The Balaban J connectivity index is 1.80. The smallest absolute Gasteiger partial charge is 0.305 e. The number of aliphatic carboxylic acids is 1. The Labute approximate surface area is 98.1 Å². The molecule has 1 aliphatic rings. The highest BCUT2D eigenvalue weighted by Crippen LogP contribution is 2.35. The first kappa shape index (κ1) is 11.7. The fourth-order valence-corrected chi connectivity index (χ4v) is 1.47. The Bertz CT molecular complexity index is 407. The Kier molecular flexibility index (Phi) is 3.79. The first-order valence-electron chi connectivity index (χ1n) is 5.21. The molecule has 0 aromatic heterocycles. The normalized spacial score (nSPS) is 12.7. The van der Waals surface area contributed by atoms with Gasteiger partial charge in [0, 0.05) is 12.1 Å². The van der Waals surface area contributed by atoms with Gasteiger partial charge in [-0.15, -0.1) is 0 Å². The van der Waals surface area contributed by atoms with Crippen molar-refractivity contribution in [3.63, 3.8) is 0 Å². The maximum Gasteiger partial charge on any atom is 0.305 e. The summed E-state index contributed by atoms with van der Waals surface area (Å²) in [5.41, 5.74) is 3.60. The Morgan fingerprint density at radius 3 is 3.18 bits per heavy atom. The van der Waals surface area contributed by atoms with E-state index in [2.05, 4.69) is 5.48 Å². The summed E-state index contributed by atoms with van der Waals surface area (Å²) < 4.78 is 10.5. The van der Waals surface area contributed by atoms with Crippen LogP contribution < -0.4 is 15.0 Å². The molecule has 1 aliphatic heterocycles. The van der Waals surface area contributed by atoms with E-state index in [1.54, 1.807) is 0 Å². The van der Waals surface area contributed by atoms with Crippen LogP contribution in [-0.4, -0.2) is 24.5 Å². The van der Waals surface area contributed by atoms with Crippen LogP contribution in [0.4, 0.5) is 0 Å². The first-order valence-corrected chi connectivity index (χ1v) is 5.21. The third-order valence-electron chi connectivity index (χ3n) is 2.26. The maximum atomic E-state index is 10.2. The molecule has 17 heavy (non-hydrogen) atoms. The second kappa shape index (κ2) is 5.51. The van der Waals surface area contributed by atoms with Crippen LogP contribution in [0.3, 0.4) is 0 Å². The molecule has 2 N–H and O–H groups in total. The summed E-state index contributed by atoms with van der Waals surface area (Å²) in [7, 11) is 0. The van der Waals surface area contributed by atoms with E-state index in [0.29, 0.717) is 12.3 Å². The lowest BCUT2D eigenvalue weighted by Crippen LogP contribution is -2.16. The van der Waals surface area contributed by atoms with Crippen LogP contribution in [0.1, 0.15) is 12.0 Å². The van der Waals surface area contributed by atoms with Crippen LogP contribution >= 0.6 is 0 Å². The molecule has 0 radical (unpaired) electrons. The summed E-state index contributed by atoms with van der Waals surface area (Å²) in [4.78, 5) is 15.2. The van der Waals surface area contributed by atoms with Gasteiger partial charge in [0.25, 0.3) is 0 Å². The summed E-state index contributed by atoms with van der Waals surface area (Å²) in [6.07, 6.45) is -0.0283. The number of rotatable bonds is 6. The van der Waals surface area contributed by atoms with Gasteiger partial charge in [-0.25, -0.2) is 0 Å². The monoisotopic (exact) mass is 239 g/mol. The van der Waals surface area contributed by atoms with Crippen molar-refractivity contribution in [3.8, 4) is 11.5 Å². The van der Waals surface area contributed by atoms with Crippen molar-refractivity contribution in [2.45, 2.75) is 13.0 Å². The predicted molar refractivity (Wildman–Crippen MR) is 57.6 cm³/mol. The molecule has 0 saturated heterocycles. The van der Waals surface area contributed by atoms with Crippen molar-refractivity contribution in [3.05, 3.63) is 23.8 Å². The molecule has 1 aromatic rings. The van der Waals surface area contributed by atoms with E-state index in [-0.39, 0.29) is 19.8 Å². The summed E-state index contributed by atoms with van der Waals surface area (Å²) in [6.45, 7) is 0.792. The van der Waals surface area contributed by atoms with Crippen molar-refractivity contribution in [2.24, 2.45) is 0 Å². The number of carboxylic acids is 1. The Hall–Kier alpha value is -1.79. The second-order valence-electron chi connectivity index (χ2n) is 3.46. The molecule has 1 heterocycles. The van der Waals surface area contributed by atoms with Crippen LogP contribution in [-0.2, 0) is 16.2 Å². The highest BCUT2D eigenvalue weighted by molar-refractivity contribution is 5.66. The van der Waals surface area contributed by atoms with Crippen molar-refractivity contribution in [2.75, 3.05) is 13.4 Å². The van der Waals surface area contributed by atoms with Gasteiger partial charge >= 0.3 is 5.97 Å². The molecule has 0 amide bonds. The van der Waals surface area contributed by atoms with Gasteiger partial charge in [0.05, 0.1) is 13.0 Å². The fourth-order valence-electron chi connectivity index (χ4n) is 1.47. The van der Waals surface area contributed by atoms with Crippen molar-refractivity contribution in [1.29, 1.82) is 0 Å². The van der Waals surface area contributed by atoms with Gasteiger partial charge < -0.3 is 19.4 Å². The highest BCUT2D eigenvalue weighted by atomic mass is 16.7. The number of benzene rings is 1. The maximum absolute atomic E-state index is 10.2. The number of hydrogen-bond donors (Lipinski definition) is 2. The molecule has 1 aromatic carbocycles. The average Bonchev–Trinajstić information content (AvgIpc) is 2.77. The molecule has 0 atom stereocenters. The van der Waals surface area contributed by atoms with Crippen LogP contribution in [0.15, 0.2) is 18.2 Å². The van der Waals surface area contributed by atoms with Gasteiger partial charge in [-0.1, -0.05) is 12.1 Å². The van der Waals surface area contributed by atoms with Gasteiger partial charge in [-0.3, -0.25) is 4.79 Å². The van der Waals surface area contributed by atoms with Crippen LogP contribution in [0.5, 0.6) is 11.5 Å². The SMILES string of the molecule is O=C(O)CCONCc1cccc2c1OCO2. The van der Waals surface area contributed by atoms with Crippen LogP contribution in [0.25, 0.3) is 0 Å². The number of carbonyl (C=O) groups is 1. The number of para-hydroxylation sites is 1. The predicted octanol–water partition coefficient (Wildman–Crippen LogP) is 0.911. The number of ether oxygens (including phenoxy) is 2. The summed E-state index contributed by atoms with van der Waals surface area (Å²) >= 11 is 0. The van der Waals surface area contributed by atoms with Crippen molar-refractivity contribution >= 4 is 5.97 Å². The fraction of sp³-hybridized carbons (Fsp3) is 0.364. The Morgan fingerprint density at radius 1 is 1.47 bits per heavy atom. The lowest BCUT2D eigenvalue weighted by Gasteiger charge is -2.07. The third-order valence-corrected chi connectivity index (χ3v) is 2.26. The zero-order valence-corrected chi connectivity index (χ0v) is 9.14. The minimum Gasteiger partial charge on any atom is -0.481 e. The molecule has 92 valence electrons. The molecule has 0 spiro atoms. The largest absolute Gasteiger partial charge is 0.481 e. The molecule has 6 heteroatoms. The zero-order chi connectivity index (χ0) is 12.1. The van der Waals surface area contributed by atoms with E-state index in [4.69, 9.17) is 19.4 Å². The van der Waals surface area contributed by atoms with E-state index in [0.717, 1.165) is 11.3 Å². The van der Waals surface area contributed by atoms with Gasteiger partial charge in [-0.05, 0) is 6.07 Å². The summed E-state index contributed by atoms with van der Waals surface area (Å²) in [5, 5.41) is 8.41. The highest BCUT2D eigenvalue weighted by Gasteiger charge is 2.16. The lowest BCUT2D eigenvalue weighted by atomic mass is 10.2. The molecule has 6 nitrogen and oxygen atoms in total. The Morgan fingerprint density at radius 2 is 2.35 bits per heavy atom. The molecule has 0 unspecified atom stereocenters. The van der Waals surface area contributed by atoms with E-state index < -0.39 is 5.97 Å². The first-order chi connectivity index (χ1) is 8.27. The number of carboxylic acid groups (broad SMARTS) is 1.